The van der Waals surface area contributed by atoms with E-state index in [0.717, 1.165) is 0 Å². The third-order valence-electron chi connectivity index (χ3n) is 0. The minimum Gasteiger partial charge on any atom is 0 e. The molecule has 0 N–H and O–H groups in total. The second-order valence-electron chi connectivity index (χ2n) is 0. The fourth-order valence-electron chi connectivity index (χ4n) is 0. The molecule has 0 amide bonds. The third kappa shape index (κ3) is 8.82. The maximum Gasteiger partial charge on any atom is 0 e. The van der Waals surface area contributed by atoms with Crippen LogP contribution in [0.4, 0.5) is 0 Å². The Labute approximate surface area is 77.3 Å². The van der Waals surface area contributed by atoms with Crippen molar-refractivity contribution in [3.05, 3.63) is 0 Å². The van der Waals surface area contributed by atoms with E-state index in [1.807, 2.05) is 0 Å². The quantitative estimate of drug-likeness (QED) is 0.550. The van der Waals surface area contributed by atoms with Gasteiger partial charge in [-0.25, -0.2) is 0 Å². The summed E-state index contributed by atoms with van der Waals surface area (Å²) in [5.41, 5.74) is 0. The monoisotopic (exact) mass is 321 g/mol. The second kappa shape index (κ2) is 17.8. The molecule has 0 bridgehead atoms. The largest absolute Gasteiger partial charge is 0 e. The van der Waals surface area contributed by atoms with Crippen molar-refractivity contribution in [1.82, 2.24) is 0 Å². The molecule has 0 unspecified atom stereocenters. The molecule has 4 heavy (non-hydrogen) atoms. The van der Waals surface area contributed by atoms with Gasteiger partial charge in [0.25, 0.3) is 0 Å². The molecule has 0 aliphatic rings. The summed E-state index contributed by atoms with van der Waals surface area (Å²) < 4.78 is 0. The summed E-state index contributed by atoms with van der Waals surface area (Å²) in [5, 5.41) is 0. The van der Waals surface area contributed by atoms with Crippen molar-refractivity contribution in [1.29, 1.82) is 0 Å². The Morgan fingerprint density at radius 3 is 1.00 bits per heavy atom. The van der Waals surface area contributed by atoms with E-state index in [1.165, 1.54) is 0 Å². The van der Waals surface area contributed by atoms with Crippen LogP contribution in [0.25, 0.3) is 0 Å². The third-order valence-corrected chi connectivity index (χ3v) is 0. The van der Waals surface area contributed by atoms with E-state index < -0.39 is 0 Å². The molecule has 3 radical (unpaired) electrons. The maximum absolute atomic E-state index is 0. The molecule has 0 rings (SSSR count). The predicted molar refractivity (Wildman–Crippen MR) is 0 cm³/mol. The van der Waals surface area contributed by atoms with E-state index in [0.29, 0.717) is 0 Å². The van der Waals surface area contributed by atoms with Gasteiger partial charge >= 0.3 is 0 Å². The summed E-state index contributed by atoms with van der Waals surface area (Å²) in [6, 6.07) is 0. The van der Waals surface area contributed by atoms with Gasteiger partial charge in [0.15, 0.2) is 0 Å². The van der Waals surface area contributed by atoms with Crippen LogP contribution in [0.3, 0.4) is 0 Å². The SMILES string of the molecule is [Ag].[Cu].[Nb].[Ni]. The average Bonchev–Trinajstić information content (AvgIpc) is 0. The maximum atomic E-state index is 0. The molecular formula is AgCuNbNi. The van der Waals surface area contributed by atoms with Gasteiger partial charge in [-0.05, 0) is 0 Å². The van der Waals surface area contributed by atoms with Crippen LogP contribution in [0, 0.1) is 0 Å². The molecule has 0 fully saturated rings. The van der Waals surface area contributed by atoms with E-state index in [-0.39, 0.29) is 78.3 Å². The van der Waals surface area contributed by atoms with E-state index in [4.69, 9.17) is 0 Å². The molecule has 0 aliphatic heterocycles. The molecule has 0 saturated carbocycles. The zero-order valence-corrected chi connectivity index (χ0v) is 6.98. The van der Waals surface area contributed by atoms with Gasteiger partial charge in [0.05, 0.1) is 0 Å². The molecule has 0 atom stereocenters. The molecule has 37 valence electrons. The molecule has 0 spiro atoms. The van der Waals surface area contributed by atoms with Crippen LogP contribution in [-0.2, 0) is 78.3 Å². The predicted octanol–water partition coefficient (Wildman–Crippen LogP) is -0.0100. The minimum atomic E-state index is 0. The summed E-state index contributed by atoms with van der Waals surface area (Å²) in [7, 11) is 0. The molecule has 0 aromatic heterocycles. The number of rotatable bonds is 0. The van der Waals surface area contributed by atoms with Crippen molar-refractivity contribution >= 4 is 0 Å². The van der Waals surface area contributed by atoms with Crippen LogP contribution in [-0.4, -0.2) is 0 Å². The molecular weight excluding hydrogens is 323 g/mol. The molecule has 0 saturated heterocycles. The van der Waals surface area contributed by atoms with Crippen molar-refractivity contribution in [2.45, 2.75) is 0 Å². The van der Waals surface area contributed by atoms with Gasteiger partial charge in [0.2, 0.25) is 0 Å². The van der Waals surface area contributed by atoms with E-state index in [1.54, 1.807) is 0 Å². The molecule has 0 heterocycles. The van der Waals surface area contributed by atoms with Gasteiger partial charge in [-0.1, -0.05) is 0 Å². The molecule has 0 aromatic carbocycles. The van der Waals surface area contributed by atoms with Crippen LogP contribution in [0.1, 0.15) is 0 Å². The van der Waals surface area contributed by atoms with E-state index in [2.05, 4.69) is 0 Å². The Balaban J connectivity index is 0. The van der Waals surface area contributed by atoms with Gasteiger partial charge in [-0.15, -0.1) is 0 Å². The Morgan fingerprint density at radius 1 is 1.00 bits per heavy atom. The Morgan fingerprint density at radius 2 is 1.00 bits per heavy atom. The first-order chi connectivity index (χ1) is 0. The summed E-state index contributed by atoms with van der Waals surface area (Å²) in [5.74, 6) is 0. The van der Waals surface area contributed by atoms with Crippen molar-refractivity contribution in [2.24, 2.45) is 0 Å². The first kappa shape index (κ1) is 31.5. The van der Waals surface area contributed by atoms with Crippen molar-refractivity contribution < 1.29 is 78.3 Å². The van der Waals surface area contributed by atoms with E-state index >= 15 is 0 Å². The Kier molecular flexibility index (Phi) is 141. The van der Waals surface area contributed by atoms with Crippen LogP contribution < -0.4 is 0 Å². The first-order valence-electron chi connectivity index (χ1n) is 0. The molecule has 0 aromatic rings. The van der Waals surface area contributed by atoms with Crippen LogP contribution in [0.2, 0.25) is 0 Å². The fourth-order valence-corrected chi connectivity index (χ4v) is 0. The summed E-state index contributed by atoms with van der Waals surface area (Å²) >= 11 is 0. The topological polar surface area (TPSA) is 0 Å². The Bertz CT molecular complexity index is 8.00. The molecule has 0 aliphatic carbocycles. The standard InChI is InChI=1S/Ag.Cu.Nb.Ni. The summed E-state index contributed by atoms with van der Waals surface area (Å²) in [6.07, 6.45) is 0. The summed E-state index contributed by atoms with van der Waals surface area (Å²) in [4.78, 5) is 0. The number of hydrogen-bond donors (Lipinski definition) is 0. The van der Waals surface area contributed by atoms with Crippen LogP contribution in [0.15, 0.2) is 0 Å². The van der Waals surface area contributed by atoms with Crippen LogP contribution in [0.5, 0.6) is 0 Å². The summed E-state index contributed by atoms with van der Waals surface area (Å²) in [6.45, 7) is 0. The van der Waals surface area contributed by atoms with E-state index in [9.17, 15) is 0 Å². The smallest absolute Gasteiger partial charge is 0 e. The van der Waals surface area contributed by atoms with Gasteiger partial charge in [-0.3, -0.25) is 0 Å². The molecule has 0 nitrogen and oxygen atoms in total. The molecule has 4 heteroatoms. The zero-order chi connectivity index (χ0) is 0. The first-order valence-corrected chi connectivity index (χ1v) is 0. The number of hydrogen-bond acceptors (Lipinski definition) is 0. The fraction of sp³-hybridized carbons (Fsp3) is 0. The van der Waals surface area contributed by atoms with Crippen LogP contribution >= 0.6 is 0 Å². The zero-order valence-electron chi connectivity index (χ0n) is 1.37. The van der Waals surface area contributed by atoms with Crippen molar-refractivity contribution in [2.75, 3.05) is 0 Å². The van der Waals surface area contributed by atoms with Gasteiger partial charge in [0, 0.05) is 78.3 Å². The van der Waals surface area contributed by atoms with Crippen molar-refractivity contribution in [3.8, 4) is 0 Å². The second-order valence-corrected chi connectivity index (χ2v) is 0. The Hall–Kier alpha value is 2.49. The minimum absolute atomic E-state index is 0. The van der Waals surface area contributed by atoms with Gasteiger partial charge in [0.1, 0.15) is 0 Å². The normalized spacial score (nSPS) is 0. The average molecular weight is 323 g/mol. The van der Waals surface area contributed by atoms with Gasteiger partial charge in [-0.2, -0.15) is 0 Å². The van der Waals surface area contributed by atoms with Gasteiger partial charge < -0.3 is 0 Å². The van der Waals surface area contributed by atoms with Crippen molar-refractivity contribution in [3.63, 3.8) is 0 Å².